The van der Waals surface area contributed by atoms with Gasteiger partial charge in [-0.25, -0.2) is 4.98 Å². The molecule has 2 heterocycles. The molecular weight excluding hydrogens is 456 g/mol. The van der Waals surface area contributed by atoms with E-state index in [4.69, 9.17) is 4.98 Å². The molecule has 0 amide bonds. The summed E-state index contributed by atoms with van der Waals surface area (Å²) < 4.78 is 1.87. The van der Waals surface area contributed by atoms with Gasteiger partial charge in [0.2, 0.25) is 0 Å². The highest BCUT2D eigenvalue weighted by Gasteiger charge is 2.32. The average molecular weight is 489 g/mol. The first-order chi connectivity index (χ1) is 16.3. The first-order valence-corrected chi connectivity index (χ1v) is 13.9. The molecule has 1 aliphatic rings. The van der Waals surface area contributed by atoms with E-state index in [0.29, 0.717) is 5.92 Å². The van der Waals surface area contributed by atoms with Gasteiger partial charge < -0.3 is 0 Å². The average Bonchev–Trinajstić information content (AvgIpc) is 3.18. The van der Waals surface area contributed by atoms with Gasteiger partial charge in [0.05, 0.1) is 11.1 Å². The van der Waals surface area contributed by atoms with Crippen LogP contribution in [0.4, 0.5) is 0 Å². The fraction of sp³-hybridized carbons (Fsp3) is 0.379. The molecule has 2 aromatic carbocycles. The molecule has 3 nitrogen and oxygen atoms in total. The Hall–Kier alpha value is -2.37. The van der Waals surface area contributed by atoms with E-state index in [-0.39, 0.29) is 11.0 Å². The van der Waals surface area contributed by atoms with Gasteiger partial charge in [-0.2, -0.15) is 0 Å². The van der Waals surface area contributed by atoms with Crippen molar-refractivity contribution in [3.05, 3.63) is 86.5 Å². The van der Waals surface area contributed by atoms with Crippen molar-refractivity contribution in [1.82, 2.24) is 9.55 Å². The van der Waals surface area contributed by atoms with Gasteiger partial charge in [-0.05, 0) is 66.7 Å². The van der Waals surface area contributed by atoms with E-state index in [2.05, 4.69) is 58.0 Å². The lowest BCUT2D eigenvalue weighted by Gasteiger charge is -2.33. The predicted molar refractivity (Wildman–Crippen MR) is 146 cm³/mol. The van der Waals surface area contributed by atoms with Gasteiger partial charge in [0.25, 0.3) is 5.56 Å². The first-order valence-electron chi connectivity index (χ1n) is 12.1. The maximum Gasteiger partial charge on any atom is 0.267 e. The fourth-order valence-electron chi connectivity index (χ4n) is 4.97. The van der Waals surface area contributed by atoms with E-state index in [1.165, 1.54) is 16.0 Å². The van der Waals surface area contributed by atoms with Gasteiger partial charge in [-0.1, -0.05) is 81.1 Å². The monoisotopic (exact) mass is 488 g/mol. The number of rotatable bonds is 5. The summed E-state index contributed by atoms with van der Waals surface area (Å²) in [7, 11) is 0. The summed E-state index contributed by atoms with van der Waals surface area (Å²) in [6.07, 6.45) is 4.11. The molecular formula is C29H32N2OS2. The third-order valence-corrected chi connectivity index (χ3v) is 9.19. The van der Waals surface area contributed by atoms with E-state index in [9.17, 15) is 4.79 Å². The van der Waals surface area contributed by atoms with Crippen LogP contribution in [0.15, 0.2) is 64.5 Å². The van der Waals surface area contributed by atoms with Crippen LogP contribution in [0.1, 0.15) is 48.8 Å². The fourth-order valence-corrected chi connectivity index (χ4v) is 7.31. The van der Waals surface area contributed by atoms with Gasteiger partial charge in [-0.3, -0.25) is 9.36 Å². The van der Waals surface area contributed by atoms with Crippen LogP contribution >= 0.6 is 23.1 Å². The molecule has 1 aliphatic carbocycles. The summed E-state index contributed by atoms with van der Waals surface area (Å²) in [5.41, 5.74) is 4.95. The summed E-state index contributed by atoms with van der Waals surface area (Å²) in [5, 5.41) is 1.65. The molecule has 0 radical (unpaired) electrons. The van der Waals surface area contributed by atoms with E-state index in [1.807, 2.05) is 28.8 Å². The normalized spacial score (nSPS) is 16.1. The molecule has 0 fully saturated rings. The minimum absolute atomic E-state index is 0.0909. The van der Waals surface area contributed by atoms with E-state index in [1.54, 1.807) is 23.1 Å². The highest BCUT2D eigenvalue weighted by atomic mass is 32.2. The number of hydrogen-bond acceptors (Lipinski definition) is 4. The highest BCUT2D eigenvalue weighted by Crippen LogP contribution is 2.42. The number of benzene rings is 2. The number of thioether (sulfide) groups is 1. The van der Waals surface area contributed by atoms with E-state index in [0.717, 1.165) is 58.1 Å². The van der Waals surface area contributed by atoms with E-state index >= 15 is 0 Å². The van der Waals surface area contributed by atoms with Crippen LogP contribution in [0, 0.1) is 18.3 Å². The Kier molecular flexibility index (Phi) is 6.43. The zero-order valence-corrected chi connectivity index (χ0v) is 22.1. The second-order valence-corrected chi connectivity index (χ2v) is 12.5. The molecule has 0 spiro atoms. The lowest BCUT2D eigenvalue weighted by Crippen LogP contribution is -2.27. The molecule has 176 valence electrons. The predicted octanol–water partition coefficient (Wildman–Crippen LogP) is 7.24. The molecule has 5 rings (SSSR count). The molecule has 34 heavy (non-hydrogen) atoms. The maximum absolute atomic E-state index is 14.1. The largest absolute Gasteiger partial charge is 0.268 e. The lowest BCUT2D eigenvalue weighted by atomic mass is 9.72. The zero-order chi connectivity index (χ0) is 23.9. The lowest BCUT2D eigenvalue weighted by molar-refractivity contribution is 0.218. The molecule has 2 aromatic heterocycles. The van der Waals surface area contributed by atoms with E-state index < -0.39 is 0 Å². The second-order valence-electron chi connectivity index (χ2n) is 10.4. The topological polar surface area (TPSA) is 34.9 Å². The van der Waals surface area contributed by atoms with Crippen LogP contribution in [-0.4, -0.2) is 15.3 Å². The van der Waals surface area contributed by atoms with Gasteiger partial charge >= 0.3 is 0 Å². The Morgan fingerprint density at radius 3 is 2.56 bits per heavy atom. The molecule has 4 aromatic rings. The second kappa shape index (κ2) is 9.35. The maximum atomic E-state index is 14.1. The van der Waals surface area contributed by atoms with Crippen molar-refractivity contribution in [3.63, 3.8) is 0 Å². The van der Waals surface area contributed by atoms with Crippen LogP contribution in [0.2, 0.25) is 0 Å². The zero-order valence-electron chi connectivity index (χ0n) is 20.4. The molecule has 0 aliphatic heterocycles. The van der Waals surface area contributed by atoms with Crippen LogP contribution < -0.4 is 5.56 Å². The third-order valence-electron chi connectivity index (χ3n) is 7.10. The molecule has 0 saturated carbocycles. The smallest absolute Gasteiger partial charge is 0.267 e. The molecule has 5 heteroatoms. The summed E-state index contributed by atoms with van der Waals surface area (Å²) in [6, 6.07) is 18.7. The first kappa shape index (κ1) is 23.4. The Labute approximate surface area is 210 Å². The van der Waals surface area contributed by atoms with Crippen molar-refractivity contribution in [2.24, 2.45) is 11.3 Å². The Morgan fingerprint density at radius 1 is 1.09 bits per heavy atom. The van der Waals surface area contributed by atoms with Crippen molar-refractivity contribution in [1.29, 1.82) is 0 Å². The van der Waals surface area contributed by atoms with Crippen molar-refractivity contribution in [3.8, 4) is 5.69 Å². The standard InChI is InChI=1S/C29H32N2OS2/c1-19-10-8-9-13-23(19)31-27(32)25-22-15-14-21(29(2,3)4)18-24(22)34-26(25)30-28(31)33-17-16-20-11-6-5-7-12-20/h5-13,21H,14-18H2,1-4H3. The molecule has 0 bridgehead atoms. The number of aryl methyl sites for hydroxylation is 3. The van der Waals surface area contributed by atoms with Gasteiger partial charge in [0.15, 0.2) is 5.16 Å². The van der Waals surface area contributed by atoms with Crippen LogP contribution in [0.25, 0.3) is 15.9 Å². The Bertz CT molecular complexity index is 1380. The minimum Gasteiger partial charge on any atom is -0.268 e. The number of para-hydroxylation sites is 1. The third kappa shape index (κ3) is 4.48. The van der Waals surface area contributed by atoms with Crippen LogP contribution in [0.5, 0.6) is 0 Å². The Balaban J connectivity index is 1.59. The number of thiophene rings is 1. The number of fused-ring (bicyclic) bond motifs is 3. The summed E-state index contributed by atoms with van der Waals surface area (Å²) >= 11 is 3.43. The summed E-state index contributed by atoms with van der Waals surface area (Å²) in [4.78, 5) is 21.5. The highest BCUT2D eigenvalue weighted by molar-refractivity contribution is 7.99. The molecule has 1 unspecified atom stereocenters. The van der Waals surface area contributed by atoms with Crippen LogP contribution in [-0.2, 0) is 19.3 Å². The molecule has 1 atom stereocenters. The molecule has 0 saturated heterocycles. The summed E-state index contributed by atoms with van der Waals surface area (Å²) in [5.74, 6) is 1.52. The summed E-state index contributed by atoms with van der Waals surface area (Å²) in [6.45, 7) is 9.07. The van der Waals surface area contributed by atoms with Gasteiger partial charge in [0, 0.05) is 10.6 Å². The van der Waals surface area contributed by atoms with Crippen LogP contribution in [0.3, 0.4) is 0 Å². The van der Waals surface area contributed by atoms with Gasteiger partial charge in [0.1, 0.15) is 4.83 Å². The Morgan fingerprint density at radius 2 is 1.82 bits per heavy atom. The molecule has 0 N–H and O–H groups in total. The SMILES string of the molecule is Cc1ccccc1-n1c(SCCc2ccccc2)nc2sc3c(c2c1=O)CCC(C(C)(C)C)C3. The quantitative estimate of drug-likeness (QED) is 0.219. The number of nitrogens with zero attached hydrogens (tertiary/aromatic N) is 2. The number of aromatic nitrogens is 2. The van der Waals surface area contributed by atoms with Crippen molar-refractivity contribution < 1.29 is 0 Å². The van der Waals surface area contributed by atoms with Crippen molar-refractivity contribution >= 4 is 33.3 Å². The van der Waals surface area contributed by atoms with Gasteiger partial charge in [-0.15, -0.1) is 11.3 Å². The minimum atomic E-state index is 0.0909. The number of hydrogen-bond donors (Lipinski definition) is 0. The van der Waals surface area contributed by atoms with Crippen molar-refractivity contribution in [2.75, 3.05) is 5.75 Å². The van der Waals surface area contributed by atoms with Crippen molar-refractivity contribution in [2.45, 2.75) is 58.5 Å².